The Bertz CT molecular complexity index is 728. The summed E-state index contributed by atoms with van der Waals surface area (Å²) >= 11 is 3.29. The van der Waals surface area contributed by atoms with Crippen molar-refractivity contribution in [1.82, 2.24) is 25.2 Å². The second kappa shape index (κ2) is 5.19. The molecule has 1 fully saturated rings. The minimum absolute atomic E-state index is 0.563. The van der Waals surface area contributed by atoms with Gasteiger partial charge >= 0.3 is 0 Å². The van der Waals surface area contributed by atoms with E-state index >= 15 is 0 Å². The van der Waals surface area contributed by atoms with Gasteiger partial charge in [0, 0.05) is 18.5 Å². The number of aromatic nitrogens is 5. The van der Waals surface area contributed by atoms with E-state index in [0.29, 0.717) is 18.4 Å². The van der Waals surface area contributed by atoms with Crippen molar-refractivity contribution in [2.75, 3.05) is 11.9 Å². The molecule has 0 amide bonds. The first kappa shape index (κ1) is 12.9. The van der Waals surface area contributed by atoms with Gasteiger partial charge in [-0.1, -0.05) is 6.07 Å². The minimum atomic E-state index is 0.563. The summed E-state index contributed by atoms with van der Waals surface area (Å²) in [5.74, 6) is 0.676. The van der Waals surface area contributed by atoms with E-state index in [4.69, 9.17) is 0 Å². The van der Waals surface area contributed by atoms with E-state index in [2.05, 4.69) is 37.7 Å². The molecule has 3 aromatic heterocycles. The molecule has 6 nitrogen and oxygen atoms in total. The van der Waals surface area contributed by atoms with Crippen LogP contribution in [-0.4, -0.2) is 38.3 Å². The highest BCUT2D eigenvalue weighted by molar-refractivity contribution is 7.13. The molecular formula is C13H14N6S2. The highest BCUT2D eigenvalue weighted by atomic mass is 32.1. The molecule has 21 heavy (non-hydrogen) atoms. The highest BCUT2D eigenvalue weighted by Gasteiger charge is 2.28. The quantitative estimate of drug-likeness (QED) is 0.723. The summed E-state index contributed by atoms with van der Waals surface area (Å²) in [5, 5.41) is 17.8. The topological polar surface area (TPSA) is 59.7 Å². The van der Waals surface area contributed by atoms with Gasteiger partial charge in [0.25, 0.3) is 0 Å². The molecule has 3 aromatic rings. The first-order chi connectivity index (χ1) is 10.3. The van der Waals surface area contributed by atoms with Crippen LogP contribution >= 0.6 is 22.7 Å². The maximum Gasteiger partial charge on any atom is 0.214 e. The molecule has 0 bridgehead atoms. The van der Waals surface area contributed by atoms with Crippen molar-refractivity contribution in [3.63, 3.8) is 0 Å². The predicted octanol–water partition coefficient (Wildman–Crippen LogP) is 2.50. The molecule has 3 heterocycles. The lowest BCUT2D eigenvalue weighted by Gasteiger charge is -2.13. The number of tetrazole rings is 1. The molecule has 1 saturated carbocycles. The Morgan fingerprint density at radius 3 is 3.05 bits per heavy atom. The zero-order valence-electron chi connectivity index (χ0n) is 11.5. The summed E-state index contributed by atoms with van der Waals surface area (Å²) < 4.78 is 0. The summed E-state index contributed by atoms with van der Waals surface area (Å²) in [7, 11) is 2.11. The lowest BCUT2D eigenvalue weighted by Crippen LogP contribution is -2.19. The molecule has 0 aromatic carbocycles. The normalized spacial score (nSPS) is 14.5. The summed E-state index contributed by atoms with van der Waals surface area (Å²) in [6, 6.07) is 4.66. The number of thiophene rings is 1. The van der Waals surface area contributed by atoms with Crippen LogP contribution in [0.4, 0.5) is 5.13 Å². The first-order valence-corrected chi connectivity index (χ1v) is 8.54. The molecule has 0 radical (unpaired) electrons. The van der Waals surface area contributed by atoms with E-state index in [1.54, 1.807) is 27.5 Å². The maximum absolute atomic E-state index is 4.66. The minimum Gasteiger partial charge on any atom is -0.348 e. The van der Waals surface area contributed by atoms with Crippen LogP contribution in [-0.2, 0) is 6.54 Å². The van der Waals surface area contributed by atoms with Crippen LogP contribution in [0.5, 0.6) is 0 Å². The Labute approximate surface area is 130 Å². The van der Waals surface area contributed by atoms with Crippen molar-refractivity contribution in [2.45, 2.75) is 25.4 Å². The molecule has 0 N–H and O–H groups in total. The fourth-order valence-electron chi connectivity index (χ4n) is 2.11. The molecule has 1 aliphatic carbocycles. The maximum atomic E-state index is 4.66. The molecule has 1 aliphatic rings. The molecular weight excluding hydrogens is 304 g/mol. The fourth-order valence-corrected chi connectivity index (χ4v) is 3.61. The van der Waals surface area contributed by atoms with Gasteiger partial charge in [-0.3, -0.25) is 0 Å². The van der Waals surface area contributed by atoms with Gasteiger partial charge in [0.15, 0.2) is 5.13 Å². The largest absolute Gasteiger partial charge is 0.348 e. The molecule has 0 atom stereocenters. The second-order valence-electron chi connectivity index (χ2n) is 5.08. The van der Waals surface area contributed by atoms with E-state index in [9.17, 15) is 0 Å². The zero-order chi connectivity index (χ0) is 14.2. The van der Waals surface area contributed by atoms with Gasteiger partial charge in [-0.2, -0.15) is 4.80 Å². The molecule has 0 saturated heterocycles. The molecule has 8 heteroatoms. The Morgan fingerprint density at radius 1 is 1.38 bits per heavy atom. The van der Waals surface area contributed by atoms with Crippen molar-refractivity contribution in [1.29, 1.82) is 0 Å². The Kier molecular flexibility index (Phi) is 3.19. The van der Waals surface area contributed by atoms with Gasteiger partial charge in [0.05, 0.1) is 10.6 Å². The van der Waals surface area contributed by atoms with E-state index in [1.165, 1.54) is 12.8 Å². The van der Waals surface area contributed by atoms with Gasteiger partial charge in [-0.15, -0.1) is 32.9 Å². The van der Waals surface area contributed by atoms with Crippen LogP contribution in [0.1, 0.15) is 18.5 Å². The van der Waals surface area contributed by atoms with Gasteiger partial charge in [0.1, 0.15) is 6.54 Å². The lowest BCUT2D eigenvalue weighted by molar-refractivity contribution is 0.566. The standard InChI is InChI=1S/C13H14N6S2/c1-18(10-4-5-10)13-14-9(8-21-13)7-19-16-12(15-17-19)11-3-2-6-20-11/h2-3,6,8,10H,4-5,7H2,1H3. The SMILES string of the molecule is CN(c1nc(Cn2nnc(-c3cccs3)n2)cs1)C1CC1. The van der Waals surface area contributed by atoms with Gasteiger partial charge in [-0.05, 0) is 29.5 Å². The van der Waals surface area contributed by atoms with Gasteiger partial charge in [-0.25, -0.2) is 4.98 Å². The number of hydrogen-bond donors (Lipinski definition) is 0. The molecule has 108 valence electrons. The Balaban J connectivity index is 1.48. The molecule has 0 spiro atoms. The monoisotopic (exact) mass is 318 g/mol. The third-order valence-electron chi connectivity index (χ3n) is 3.43. The average molecular weight is 318 g/mol. The van der Waals surface area contributed by atoms with Crippen molar-refractivity contribution in [3.8, 4) is 10.7 Å². The number of thiazole rings is 1. The fraction of sp³-hybridized carbons (Fsp3) is 0.385. The van der Waals surface area contributed by atoms with Crippen LogP contribution < -0.4 is 4.90 Å². The molecule has 0 unspecified atom stereocenters. The number of anilines is 1. The van der Waals surface area contributed by atoms with Crippen LogP contribution in [0.15, 0.2) is 22.9 Å². The highest BCUT2D eigenvalue weighted by Crippen LogP contribution is 2.32. The van der Waals surface area contributed by atoms with Crippen molar-refractivity contribution in [2.24, 2.45) is 0 Å². The van der Waals surface area contributed by atoms with E-state index < -0.39 is 0 Å². The zero-order valence-corrected chi connectivity index (χ0v) is 13.1. The smallest absolute Gasteiger partial charge is 0.214 e. The molecule has 4 rings (SSSR count). The van der Waals surface area contributed by atoms with Crippen molar-refractivity contribution >= 4 is 27.8 Å². The van der Waals surface area contributed by atoms with Crippen molar-refractivity contribution in [3.05, 3.63) is 28.6 Å². The number of rotatable bonds is 5. The summed E-state index contributed by atoms with van der Waals surface area (Å²) in [4.78, 5) is 9.56. The van der Waals surface area contributed by atoms with Crippen LogP contribution in [0.25, 0.3) is 10.7 Å². The summed E-state index contributed by atoms with van der Waals surface area (Å²) in [6.45, 7) is 0.563. The average Bonchev–Trinajstić information content (AvgIpc) is 2.93. The van der Waals surface area contributed by atoms with E-state index in [-0.39, 0.29) is 0 Å². The first-order valence-electron chi connectivity index (χ1n) is 6.78. The van der Waals surface area contributed by atoms with Gasteiger partial charge in [0.2, 0.25) is 5.82 Å². The predicted molar refractivity (Wildman–Crippen MR) is 83.8 cm³/mol. The Morgan fingerprint density at radius 2 is 2.29 bits per heavy atom. The summed E-state index contributed by atoms with van der Waals surface area (Å²) in [5.41, 5.74) is 0.984. The Hall–Kier alpha value is -1.80. The van der Waals surface area contributed by atoms with Crippen LogP contribution in [0, 0.1) is 0 Å². The van der Waals surface area contributed by atoms with Crippen LogP contribution in [0.2, 0.25) is 0 Å². The lowest BCUT2D eigenvalue weighted by atomic mass is 10.4. The van der Waals surface area contributed by atoms with E-state index in [1.807, 2.05) is 17.5 Å². The van der Waals surface area contributed by atoms with Crippen molar-refractivity contribution < 1.29 is 0 Å². The third-order valence-corrected chi connectivity index (χ3v) is 5.28. The second-order valence-corrected chi connectivity index (χ2v) is 6.87. The summed E-state index contributed by atoms with van der Waals surface area (Å²) in [6.07, 6.45) is 2.56. The third kappa shape index (κ3) is 2.68. The number of hydrogen-bond acceptors (Lipinski definition) is 7. The number of nitrogens with zero attached hydrogens (tertiary/aromatic N) is 6. The van der Waals surface area contributed by atoms with Gasteiger partial charge < -0.3 is 4.90 Å². The van der Waals surface area contributed by atoms with Crippen LogP contribution in [0.3, 0.4) is 0 Å². The van der Waals surface area contributed by atoms with E-state index in [0.717, 1.165) is 15.7 Å². The molecule has 0 aliphatic heterocycles.